The molecule has 0 rings (SSSR count). The van der Waals surface area contributed by atoms with E-state index in [1.165, 1.54) is 51.4 Å². The fourth-order valence-electron chi connectivity index (χ4n) is 1.64. The molecule has 2 heteroatoms. The van der Waals surface area contributed by atoms with Crippen LogP contribution in [0.2, 0.25) is 0 Å². The first kappa shape index (κ1) is 16.0. The normalized spacial score (nSPS) is 10.6. The van der Waals surface area contributed by atoms with E-state index >= 15 is 0 Å². The van der Waals surface area contributed by atoms with Gasteiger partial charge in [0.05, 0.1) is 0 Å². The summed E-state index contributed by atoms with van der Waals surface area (Å²) < 4.78 is 5.44. The molecule has 0 atom stereocenters. The standard InChI is InChI=1S/C14H27ClO/c1-2-3-4-5-6-7-8-9-10-13-16-14-11-12-15/h2H,1,3-14H2. The summed E-state index contributed by atoms with van der Waals surface area (Å²) in [5.74, 6) is 0.713. The Labute approximate surface area is 106 Å². The first-order valence-corrected chi connectivity index (χ1v) is 7.20. The summed E-state index contributed by atoms with van der Waals surface area (Å²) >= 11 is 5.55. The van der Waals surface area contributed by atoms with E-state index in [9.17, 15) is 0 Å². The molecule has 0 N–H and O–H groups in total. The molecular weight excluding hydrogens is 220 g/mol. The molecule has 0 aromatic carbocycles. The molecule has 0 radical (unpaired) electrons. The molecule has 0 unspecified atom stereocenters. The summed E-state index contributed by atoms with van der Waals surface area (Å²) in [4.78, 5) is 0. The van der Waals surface area contributed by atoms with Crippen LogP contribution < -0.4 is 0 Å². The number of hydrogen-bond acceptors (Lipinski definition) is 1. The number of ether oxygens (including phenoxy) is 1. The maximum absolute atomic E-state index is 5.55. The largest absolute Gasteiger partial charge is 0.381 e. The van der Waals surface area contributed by atoms with Gasteiger partial charge in [0, 0.05) is 19.1 Å². The summed E-state index contributed by atoms with van der Waals surface area (Å²) in [6.07, 6.45) is 13.4. The van der Waals surface area contributed by atoms with Gasteiger partial charge in [-0.05, 0) is 25.7 Å². The molecule has 0 saturated carbocycles. The molecule has 0 aromatic rings. The highest BCUT2D eigenvalue weighted by Gasteiger charge is 1.92. The topological polar surface area (TPSA) is 9.23 Å². The molecule has 0 aliphatic heterocycles. The van der Waals surface area contributed by atoms with Gasteiger partial charge in [-0.3, -0.25) is 0 Å². The lowest BCUT2D eigenvalue weighted by molar-refractivity contribution is 0.131. The van der Waals surface area contributed by atoms with Crippen molar-refractivity contribution in [2.24, 2.45) is 0 Å². The zero-order valence-corrected chi connectivity index (χ0v) is 11.3. The fraction of sp³-hybridized carbons (Fsp3) is 0.857. The van der Waals surface area contributed by atoms with Crippen LogP contribution in [0.3, 0.4) is 0 Å². The van der Waals surface area contributed by atoms with Crippen molar-refractivity contribution in [3.63, 3.8) is 0 Å². The number of allylic oxidation sites excluding steroid dienone is 1. The lowest BCUT2D eigenvalue weighted by Gasteiger charge is -2.03. The van der Waals surface area contributed by atoms with Crippen molar-refractivity contribution < 1.29 is 4.74 Å². The van der Waals surface area contributed by atoms with Gasteiger partial charge in [-0.2, -0.15) is 0 Å². The molecule has 0 amide bonds. The summed E-state index contributed by atoms with van der Waals surface area (Å²) in [5.41, 5.74) is 0. The molecule has 0 aliphatic rings. The Bertz CT molecular complexity index is 137. The third-order valence-corrected chi connectivity index (χ3v) is 2.89. The van der Waals surface area contributed by atoms with E-state index in [-0.39, 0.29) is 0 Å². The molecule has 0 aromatic heterocycles. The van der Waals surface area contributed by atoms with E-state index in [2.05, 4.69) is 6.58 Å². The molecule has 0 heterocycles. The van der Waals surface area contributed by atoms with E-state index in [0.717, 1.165) is 19.6 Å². The highest BCUT2D eigenvalue weighted by molar-refractivity contribution is 6.17. The molecule has 0 saturated heterocycles. The van der Waals surface area contributed by atoms with Crippen LogP contribution in [-0.4, -0.2) is 19.1 Å². The summed E-state index contributed by atoms with van der Waals surface area (Å²) in [6, 6.07) is 0. The van der Waals surface area contributed by atoms with E-state index in [4.69, 9.17) is 16.3 Å². The van der Waals surface area contributed by atoms with E-state index in [0.29, 0.717) is 5.88 Å². The Morgan fingerprint density at radius 2 is 1.38 bits per heavy atom. The molecular formula is C14H27ClO. The molecule has 16 heavy (non-hydrogen) atoms. The Balaban J connectivity index is 2.85. The average Bonchev–Trinajstić information content (AvgIpc) is 2.31. The van der Waals surface area contributed by atoms with Crippen LogP contribution in [-0.2, 0) is 4.74 Å². The minimum Gasteiger partial charge on any atom is -0.381 e. The zero-order chi connectivity index (χ0) is 11.9. The Kier molecular flexibility index (Phi) is 15.0. The molecule has 96 valence electrons. The summed E-state index contributed by atoms with van der Waals surface area (Å²) in [7, 11) is 0. The third-order valence-electron chi connectivity index (χ3n) is 2.62. The SMILES string of the molecule is C=CCCCCCCCCCOCCCCl. The van der Waals surface area contributed by atoms with Crippen molar-refractivity contribution in [1.82, 2.24) is 0 Å². The van der Waals surface area contributed by atoms with Gasteiger partial charge < -0.3 is 4.74 Å². The van der Waals surface area contributed by atoms with Gasteiger partial charge in [-0.25, -0.2) is 0 Å². The van der Waals surface area contributed by atoms with Gasteiger partial charge >= 0.3 is 0 Å². The van der Waals surface area contributed by atoms with Crippen LogP contribution in [0.25, 0.3) is 0 Å². The van der Waals surface area contributed by atoms with Crippen molar-refractivity contribution in [3.8, 4) is 0 Å². The summed E-state index contributed by atoms with van der Waals surface area (Å²) in [5, 5.41) is 0. The lowest BCUT2D eigenvalue weighted by Crippen LogP contribution is -1.97. The molecule has 0 spiro atoms. The highest BCUT2D eigenvalue weighted by Crippen LogP contribution is 2.08. The predicted octanol–water partition coefficient (Wildman–Crippen LogP) is 4.94. The van der Waals surface area contributed by atoms with Gasteiger partial charge in [0.25, 0.3) is 0 Å². The predicted molar refractivity (Wildman–Crippen MR) is 73.3 cm³/mol. The molecule has 1 nitrogen and oxygen atoms in total. The fourth-order valence-corrected chi connectivity index (χ4v) is 1.74. The van der Waals surface area contributed by atoms with Crippen LogP contribution in [0.1, 0.15) is 57.8 Å². The smallest absolute Gasteiger partial charge is 0.0477 e. The van der Waals surface area contributed by atoms with Gasteiger partial charge in [0.1, 0.15) is 0 Å². The van der Waals surface area contributed by atoms with Crippen LogP contribution in [0.5, 0.6) is 0 Å². The summed E-state index contributed by atoms with van der Waals surface area (Å²) in [6.45, 7) is 5.46. The minimum absolute atomic E-state index is 0.713. The van der Waals surface area contributed by atoms with E-state index < -0.39 is 0 Å². The van der Waals surface area contributed by atoms with Crippen molar-refractivity contribution >= 4 is 11.6 Å². The van der Waals surface area contributed by atoms with E-state index in [1.807, 2.05) is 6.08 Å². The van der Waals surface area contributed by atoms with Crippen molar-refractivity contribution in [1.29, 1.82) is 0 Å². The second-order valence-electron chi connectivity index (χ2n) is 4.21. The lowest BCUT2D eigenvalue weighted by atomic mass is 10.1. The number of alkyl halides is 1. The molecule has 0 bridgehead atoms. The van der Waals surface area contributed by atoms with Crippen molar-refractivity contribution in [3.05, 3.63) is 12.7 Å². The van der Waals surface area contributed by atoms with Gasteiger partial charge in [0.2, 0.25) is 0 Å². The van der Waals surface area contributed by atoms with E-state index in [1.54, 1.807) is 0 Å². The van der Waals surface area contributed by atoms with Gasteiger partial charge in [-0.15, -0.1) is 18.2 Å². The Morgan fingerprint density at radius 3 is 2.00 bits per heavy atom. The zero-order valence-electron chi connectivity index (χ0n) is 10.6. The highest BCUT2D eigenvalue weighted by atomic mass is 35.5. The van der Waals surface area contributed by atoms with Crippen molar-refractivity contribution in [2.75, 3.05) is 19.1 Å². The number of halogens is 1. The van der Waals surface area contributed by atoms with Crippen molar-refractivity contribution in [2.45, 2.75) is 57.8 Å². The van der Waals surface area contributed by atoms with Crippen LogP contribution in [0.15, 0.2) is 12.7 Å². The number of rotatable bonds is 13. The maximum atomic E-state index is 5.55. The average molecular weight is 247 g/mol. The number of unbranched alkanes of at least 4 members (excludes halogenated alkanes) is 7. The van der Waals surface area contributed by atoms with Crippen LogP contribution in [0.4, 0.5) is 0 Å². The second kappa shape index (κ2) is 15.0. The quantitative estimate of drug-likeness (QED) is 0.254. The first-order chi connectivity index (χ1) is 7.91. The third kappa shape index (κ3) is 14.0. The van der Waals surface area contributed by atoms with Crippen LogP contribution in [0, 0.1) is 0 Å². The van der Waals surface area contributed by atoms with Gasteiger partial charge in [-0.1, -0.05) is 38.2 Å². The molecule has 0 fully saturated rings. The van der Waals surface area contributed by atoms with Gasteiger partial charge in [0.15, 0.2) is 0 Å². The Hall–Kier alpha value is -0.0100. The second-order valence-corrected chi connectivity index (χ2v) is 4.59. The Morgan fingerprint density at radius 1 is 0.812 bits per heavy atom. The number of hydrogen-bond donors (Lipinski definition) is 0. The minimum atomic E-state index is 0.713. The van der Waals surface area contributed by atoms with Crippen LogP contribution >= 0.6 is 11.6 Å². The maximum Gasteiger partial charge on any atom is 0.0477 e. The first-order valence-electron chi connectivity index (χ1n) is 6.66. The molecule has 0 aliphatic carbocycles. The monoisotopic (exact) mass is 246 g/mol.